The van der Waals surface area contributed by atoms with E-state index in [-0.39, 0.29) is 0 Å². The number of benzene rings is 1. The van der Waals surface area contributed by atoms with Gasteiger partial charge in [-0.15, -0.1) is 11.3 Å². The fraction of sp³-hybridized carbons (Fsp3) is 0.438. The van der Waals surface area contributed by atoms with Crippen LogP contribution < -0.4 is 10.2 Å². The maximum atomic E-state index is 6.42. The van der Waals surface area contributed by atoms with Crippen molar-refractivity contribution >= 4 is 28.6 Å². The van der Waals surface area contributed by atoms with Gasteiger partial charge in [-0.2, -0.15) is 0 Å². The van der Waals surface area contributed by atoms with Gasteiger partial charge in [0.2, 0.25) is 0 Å². The molecule has 1 N–H and O–H groups in total. The molecule has 0 radical (unpaired) electrons. The first-order chi connectivity index (χ1) is 10.1. The average molecular weight is 324 g/mol. The summed E-state index contributed by atoms with van der Waals surface area (Å²) in [7, 11) is 2.06. The predicted molar refractivity (Wildman–Crippen MR) is 92.2 cm³/mol. The zero-order valence-corrected chi connectivity index (χ0v) is 14.3. The topological polar surface area (TPSA) is 28.2 Å². The van der Waals surface area contributed by atoms with Gasteiger partial charge in [-0.05, 0) is 24.1 Å². The van der Waals surface area contributed by atoms with Crippen molar-refractivity contribution < 1.29 is 0 Å². The molecule has 1 aromatic carbocycles. The molecule has 5 heteroatoms. The second kappa shape index (κ2) is 7.78. The van der Waals surface area contributed by atoms with Crippen molar-refractivity contribution in [2.45, 2.75) is 26.9 Å². The molecule has 0 fully saturated rings. The first-order valence-electron chi connectivity index (χ1n) is 7.14. The normalized spacial score (nSPS) is 11.1. The van der Waals surface area contributed by atoms with Crippen molar-refractivity contribution in [3.8, 4) is 0 Å². The summed E-state index contributed by atoms with van der Waals surface area (Å²) >= 11 is 8.04. The number of hydrogen-bond acceptors (Lipinski definition) is 4. The lowest BCUT2D eigenvalue weighted by Gasteiger charge is -2.23. The molecule has 0 aliphatic carbocycles. The fourth-order valence-electron chi connectivity index (χ4n) is 2.26. The van der Waals surface area contributed by atoms with Crippen LogP contribution in [-0.4, -0.2) is 18.6 Å². The molecule has 114 valence electrons. The van der Waals surface area contributed by atoms with Crippen LogP contribution in [0.2, 0.25) is 5.02 Å². The van der Waals surface area contributed by atoms with Crippen LogP contribution in [0, 0.1) is 5.92 Å². The molecular formula is C16H22ClN3S. The van der Waals surface area contributed by atoms with E-state index >= 15 is 0 Å². The SMILES string of the molecule is CC(C)CNCc1cccc(Cl)c1N(C)Cc1cscn1. The summed E-state index contributed by atoms with van der Waals surface area (Å²) in [5, 5.41) is 6.35. The Balaban J connectivity index is 2.12. The molecule has 2 aromatic rings. The van der Waals surface area contributed by atoms with Crippen LogP contribution >= 0.6 is 22.9 Å². The smallest absolute Gasteiger partial charge is 0.0795 e. The van der Waals surface area contributed by atoms with Gasteiger partial charge in [0.25, 0.3) is 0 Å². The minimum atomic E-state index is 0.639. The highest BCUT2D eigenvalue weighted by molar-refractivity contribution is 7.07. The Labute approximate surface area is 136 Å². The summed E-state index contributed by atoms with van der Waals surface area (Å²) < 4.78 is 0. The van der Waals surface area contributed by atoms with Gasteiger partial charge in [0, 0.05) is 19.0 Å². The maximum Gasteiger partial charge on any atom is 0.0795 e. The quantitative estimate of drug-likeness (QED) is 0.828. The highest BCUT2D eigenvalue weighted by Crippen LogP contribution is 2.30. The van der Waals surface area contributed by atoms with Crippen LogP contribution in [0.5, 0.6) is 0 Å². The molecule has 21 heavy (non-hydrogen) atoms. The van der Waals surface area contributed by atoms with Crippen LogP contribution in [0.25, 0.3) is 0 Å². The van der Waals surface area contributed by atoms with Gasteiger partial charge < -0.3 is 10.2 Å². The lowest BCUT2D eigenvalue weighted by atomic mass is 10.1. The van der Waals surface area contributed by atoms with Gasteiger partial charge >= 0.3 is 0 Å². The molecular weight excluding hydrogens is 302 g/mol. The van der Waals surface area contributed by atoms with Crippen LogP contribution in [0.15, 0.2) is 29.1 Å². The first-order valence-corrected chi connectivity index (χ1v) is 8.46. The number of para-hydroxylation sites is 1. The van der Waals surface area contributed by atoms with E-state index in [1.807, 2.05) is 17.6 Å². The monoisotopic (exact) mass is 323 g/mol. The Morgan fingerprint density at radius 1 is 1.38 bits per heavy atom. The Morgan fingerprint density at radius 2 is 2.19 bits per heavy atom. The standard InChI is InChI=1S/C16H22ClN3S/c1-12(2)7-18-8-13-5-4-6-15(17)16(13)20(3)9-14-10-21-11-19-14/h4-6,10-12,18H,7-9H2,1-3H3. The third kappa shape index (κ3) is 4.70. The number of hydrogen-bond donors (Lipinski definition) is 1. The van der Waals surface area contributed by atoms with E-state index in [2.05, 4.69) is 47.5 Å². The Bertz CT molecular complexity index is 555. The molecule has 0 saturated carbocycles. The lowest BCUT2D eigenvalue weighted by molar-refractivity contribution is 0.552. The van der Waals surface area contributed by atoms with Gasteiger partial charge in [-0.3, -0.25) is 0 Å². The zero-order valence-electron chi connectivity index (χ0n) is 12.8. The number of aromatic nitrogens is 1. The number of nitrogens with zero attached hydrogens (tertiary/aromatic N) is 2. The first kappa shape index (κ1) is 16.3. The van der Waals surface area contributed by atoms with Crippen LogP contribution in [-0.2, 0) is 13.1 Å². The largest absolute Gasteiger partial charge is 0.367 e. The van der Waals surface area contributed by atoms with Crippen molar-refractivity contribution in [1.82, 2.24) is 10.3 Å². The number of nitrogens with one attached hydrogen (secondary N) is 1. The van der Waals surface area contributed by atoms with E-state index in [0.29, 0.717) is 5.92 Å². The lowest BCUT2D eigenvalue weighted by Crippen LogP contribution is -2.23. The molecule has 0 spiro atoms. The number of rotatable bonds is 7. The van der Waals surface area contributed by atoms with E-state index in [4.69, 9.17) is 11.6 Å². The van der Waals surface area contributed by atoms with E-state index < -0.39 is 0 Å². The average Bonchev–Trinajstić information content (AvgIpc) is 2.91. The van der Waals surface area contributed by atoms with Crippen molar-refractivity contribution in [3.05, 3.63) is 45.4 Å². The van der Waals surface area contributed by atoms with E-state index in [1.54, 1.807) is 11.3 Å². The summed E-state index contributed by atoms with van der Waals surface area (Å²) in [4.78, 5) is 6.51. The Kier molecular flexibility index (Phi) is 6.03. The van der Waals surface area contributed by atoms with Gasteiger partial charge in [0.15, 0.2) is 0 Å². The van der Waals surface area contributed by atoms with Gasteiger partial charge in [0.05, 0.1) is 28.5 Å². The summed E-state index contributed by atoms with van der Waals surface area (Å²) in [5.74, 6) is 0.639. The molecule has 1 aromatic heterocycles. The van der Waals surface area contributed by atoms with Crippen molar-refractivity contribution in [2.24, 2.45) is 5.92 Å². The molecule has 0 unspecified atom stereocenters. The van der Waals surface area contributed by atoms with Gasteiger partial charge in [0.1, 0.15) is 0 Å². The third-order valence-electron chi connectivity index (χ3n) is 3.20. The van der Waals surface area contributed by atoms with Crippen LogP contribution in [0.1, 0.15) is 25.1 Å². The summed E-state index contributed by atoms with van der Waals surface area (Å²) in [5.41, 5.74) is 5.24. The minimum absolute atomic E-state index is 0.639. The van der Waals surface area contributed by atoms with Crippen LogP contribution in [0.4, 0.5) is 5.69 Å². The third-order valence-corrected chi connectivity index (χ3v) is 4.14. The van der Waals surface area contributed by atoms with Crippen molar-refractivity contribution in [1.29, 1.82) is 0 Å². The van der Waals surface area contributed by atoms with Crippen molar-refractivity contribution in [3.63, 3.8) is 0 Å². The second-order valence-electron chi connectivity index (χ2n) is 5.61. The summed E-state index contributed by atoms with van der Waals surface area (Å²) in [6.07, 6.45) is 0. The predicted octanol–water partition coefficient (Wildman–Crippen LogP) is 4.18. The minimum Gasteiger partial charge on any atom is -0.367 e. The molecule has 0 aliphatic heterocycles. The molecule has 0 amide bonds. The van der Waals surface area contributed by atoms with Crippen molar-refractivity contribution in [2.75, 3.05) is 18.5 Å². The highest BCUT2D eigenvalue weighted by atomic mass is 35.5. The molecule has 0 saturated heterocycles. The van der Waals surface area contributed by atoms with E-state index in [1.165, 1.54) is 5.56 Å². The number of thiazole rings is 1. The molecule has 1 heterocycles. The molecule has 0 aliphatic rings. The maximum absolute atomic E-state index is 6.42. The Hall–Kier alpha value is -1.10. The summed E-state index contributed by atoms with van der Waals surface area (Å²) in [6, 6.07) is 6.08. The van der Waals surface area contributed by atoms with Gasteiger partial charge in [-0.1, -0.05) is 37.6 Å². The van der Waals surface area contributed by atoms with E-state index in [9.17, 15) is 0 Å². The van der Waals surface area contributed by atoms with Crippen LogP contribution in [0.3, 0.4) is 0 Å². The molecule has 3 nitrogen and oxygen atoms in total. The Morgan fingerprint density at radius 3 is 2.86 bits per heavy atom. The fourth-order valence-corrected chi connectivity index (χ4v) is 3.15. The highest BCUT2D eigenvalue weighted by Gasteiger charge is 2.12. The molecule has 0 atom stereocenters. The number of anilines is 1. The zero-order chi connectivity index (χ0) is 15.2. The number of halogens is 1. The molecule has 2 rings (SSSR count). The van der Waals surface area contributed by atoms with Gasteiger partial charge in [-0.25, -0.2) is 4.98 Å². The van der Waals surface area contributed by atoms with E-state index in [0.717, 1.165) is 36.0 Å². The molecule has 0 bridgehead atoms. The summed E-state index contributed by atoms with van der Waals surface area (Å²) in [6.45, 7) is 7.02. The second-order valence-corrected chi connectivity index (χ2v) is 6.73.